The Kier molecular flexibility index (Phi) is 11.0. The number of carbonyl (C=O) groups excluding carboxylic acids is 3. The van der Waals surface area contributed by atoms with Gasteiger partial charge in [-0.2, -0.15) is 0 Å². The second-order valence-electron chi connectivity index (χ2n) is 6.48. The van der Waals surface area contributed by atoms with E-state index in [0.717, 1.165) is 31.5 Å². The maximum atomic E-state index is 12.1. The molecule has 0 bridgehead atoms. The first-order chi connectivity index (χ1) is 13.5. The zero-order valence-electron chi connectivity index (χ0n) is 16.6. The summed E-state index contributed by atoms with van der Waals surface area (Å²) in [4.78, 5) is 41.1. The number of nitrogens with zero attached hydrogens (tertiary/aromatic N) is 2. The Morgan fingerprint density at radius 3 is 2.28 bits per heavy atom. The van der Waals surface area contributed by atoms with Crippen molar-refractivity contribution in [1.82, 2.24) is 20.9 Å². The molecule has 3 amide bonds. The minimum Gasteiger partial charge on any atom is -0.368 e. The van der Waals surface area contributed by atoms with Crippen LogP contribution in [0.15, 0.2) is 29.3 Å². The molecule has 29 heavy (non-hydrogen) atoms. The predicted octanol–water partition coefficient (Wildman–Crippen LogP) is 0.197. The van der Waals surface area contributed by atoms with E-state index in [1.165, 1.54) is 0 Å². The number of rotatable bonds is 8. The fraction of sp³-hybridized carbons (Fsp3) is 0.474. The first kappa shape index (κ1) is 24.7. The third-order valence-electron chi connectivity index (χ3n) is 4.27. The van der Waals surface area contributed by atoms with Gasteiger partial charge in [-0.05, 0) is 37.5 Å². The number of guanidine groups is 1. The first-order valence-electron chi connectivity index (χ1n) is 9.45. The molecule has 1 saturated heterocycles. The number of primary amides is 1. The van der Waals surface area contributed by atoms with Gasteiger partial charge in [-0.25, -0.2) is 4.99 Å². The molecule has 0 aliphatic carbocycles. The van der Waals surface area contributed by atoms with E-state index in [9.17, 15) is 14.4 Å². The summed E-state index contributed by atoms with van der Waals surface area (Å²) in [7, 11) is 0. The van der Waals surface area contributed by atoms with Gasteiger partial charge in [0.1, 0.15) is 0 Å². The van der Waals surface area contributed by atoms with Crippen molar-refractivity contribution in [3.8, 4) is 0 Å². The van der Waals surface area contributed by atoms with E-state index in [2.05, 4.69) is 20.9 Å². The quantitative estimate of drug-likeness (QED) is 0.223. The molecular formula is C19H29IN6O3. The summed E-state index contributed by atoms with van der Waals surface area (Å²) >= 11 is 0. The summed E-state index contributed by atoms with van der Waals surface area (Å²) in [5, 5.41) is 8.62. The fourth-order valence-corrected chi connectivity index (χ4v) is 2.78. The molecule has 0 saturated carbocycles. The van der Waals surface area contributed by atoms with E-state index in [4.69, 9.17) is 5.73 Å². The number of aliphatic imine (C=N–C) groups is 1. The number of nitrogens with two attached hydrogens (primary N) is 1. The van der Waals surface area contributed by atoms with Crippen LogP contribution in [0.2, 0.25) is 0 Å². The highest BCUT2D eigenvalue weighted by atomic mass is 127. The molecule has 1 heterocycles. The van der Waals surface area contributed by atoms with Gasteiger partial charge >= 0.3 is 0 Å². The predicted molar refractivity (Wildman–Crippen MR) is 122 cm³/mol. The number of hydrogen-bond acceptors (Lipinski definition) is 4. The van der Waals surface area contributed by atoms with Crippen LogP contribution in [0.3, 0.4) is 0 Å². The molecule has 0 unspecified atom stereocenters. The number of carbonyl (C=O) groups is 3. The lowest BCUT2D eigenvalue weighted by atomic mass is 10.1. The summed E-state index contributed by atoms with van der Waals surface area (Å²) in [5.74, 6) is -0.303. The number of halogens is 1. The van der Waals surface area contributed by atoms with Crippen molar-refractivity contribution < 1.29 is 14.4 Å². The highest BCUT2D eigenvalue weighted by Gasteiger charge is 2.17. The maximum Gasteiger partial charge on any atom is 0.251 e. The Balaban J connectivity index is 0.00000420. The molecule has 160 valence electrons. The van der Waals surface area contributed by atoms with E-state index in [1.807, 2.05) is 11.8 Å². The summed E-state index contributed by atoms with van der Waals surface area (Å²) < 4.78 is 0. The van der Waals surface area contributed by atoms with E-state index < -0.39 is 5.91 Å². The van der Waals surface area contributed by atoms with Crippen molar-refractivity contribution >= 4 is 47.7 Å². The molecule has 9 nitrogen and oxygen atoms in total. The van der Waals surface area contributed by atoms with Crippen LogP contribution < -0.4 is 21.7 Å². The number of amides is 3. The van der Waals surface area contributed by atoms with Gasteiger partial charge in [-0.15, -0.1) is 24.0 Å². The van der Waals surface area contributed by atoms with E-state index in [1.54, 1.807) is 24.3 Å². The first-order valence-corrected chi connectivity index (χ1v) is 9.45. The van der Waals surface area contributed by atoms with Crippen molar-refractivity contribution in [2.75, 3.05) is 32.7 Å². The van der Waals surface area contributed by atoms with Crippen molar-refractivity contribution in [1.29, 1.82) is 0 Å². The van der Waals surface area contributed by atoms with Gasteiger partial charge < -0.3 is 26.6 Å². The van der Waals surface area contributed by atoms with Gasteiger partial charge in [0, 0.05) is 25.2 Å². The highest BCUT2D eigenvalue weighted by Crippen LogP contribution is 2.07. The topological polar surface area (TPSA) is 129 Å². The molecule has 5 N–H and O–H groups in total. The lowest BCUT2D eigenvalue weighted by molar-refractivity contribution is -0.128. The lowest BCUT2D eigenvalue weighted by Gasteiger charge is -2.17. The molecule has 0 spiro atoms. The van der Waals surface area contributed by atoms with Gasteiger partial charge in [0.25, 0.3) is 5.91 Å². The van der Waals surface area contributed by atoms with Crippen molar-refractivity contribution in [2.24, 2.45) is 10.7 Å². The molecule has 1 fully saturated rings. The molecule has 0 aromatic heterocycles. The van der Waals surface area contributed by atoms with Crippen molar-refractivity contribution in [3.63, 3.8) is 0 Å². The summed E-state index contributed by atoms with van der Waals surface area (Å²) in [5.41, 5.74) is 6.36. The third kappa shape index (κ3) is 8.67. The second kappa shape index (κ2) is 13.0. The Morgan fingerprint density at radius 2 is 1.69 bits per heavy atom. The van der Waals surface area contributed by atoms with E-state index >= 15 is 0 Å². The van der Waals surface area contributed by atoms with Gasteiger partial charge in [0.15, 0.2) is 5.96 Å². The smallest absolute Gasteiger partial charge is 0.251 e. The standard InChI is InChI=1S/C19H28N6O3.HI/c1-2-21-19(24-13-17(27)25-9-3-4-10-25)23-11-14-5-7-15(8-6-14)18(28)22-12-16(20)26;/h5-8H,2-4,9-13H2,1H3,(H2,20,26)(H,22,28)(H2,21,23,24);1H. The molecule has 10 heteroatoms. The number of benzene rings is 1. The summed E-state index contributed by atoms with van der Waals surface area (Å²) in [6.07, 6.45) is 2.13. The molecule has 1 aromatic rings. The van der Waals surface area contributed by atoms with Crippen LogP contribution in [0, 0.1) is 0 Å². The van der Waals surface area contributed by atoms with Crippen molar-refractivity contribution in [2.45, 2.75) is 26.3 Å². The minimum atomic E-state index is -0.592. The highest BCUT2D eigenvalue weighted by molar-refractivity contribution is 14.0. The third-order valence-corrected chi connectivity index (χ3v) is 4.27. The lowest BCUT2D eigenvalue weighted by Crippen LogP contribution is -2.44. The van der Waals surface area contributed by atoms with Gasteiger partial charge in [0.05, 0.1) is 19.6 Å². The van der Waals surface area contributed by atoms with Gasteiger partial charge in [0.2, 0.25) is 11.8 Å². The van der Waals surface area contributed by atoms with Crippen LogP contribution in [0.1, 0.15) is 35.7 Å². The monoisotopic (exact) mass is 516 g/mol. The molecule has 0 atom stereocenters. The zero-order chi connectivity index (χ0) is 20.4. The van der Waals surface area contributed by atoms with Crippen LogP contribution in [-0.4, -0.2) is 61.3 Å². The normalized spacial score (nSPS) is 13.4. The molecule has 0 radical (unpaired) electrons. The molecule has 2 rings (SSSR count). The Bertz CT molecular complexity index is 717. The van der Waals surface area contributed by atoms with Crippen molar-refractivity contribution in [3.05, 3.63) is 35.4 Å². The zero-order valence-corrected chi connectivity index (χ0v) is 18.9. The SMILES string of the molecule is CCNC(=NCc1ccc(C(=O)NCC(N)=O)cc1)NCC(=O)N1CCCC1.I. The molecule has 1 aliphatic rings. The van der Waals surface area contributed by atoms with Crippen LogP contribution >= 0.6 is 24.0 Å². The van der Waals surface area contributed by atoms with Crippen LogP contribution in [0.25, 0.3) is 0 Å². The molecule has 1 aromatic carbocycles. The number of nitrogens with one attached hydrogen (secondary N) is 3. The van der Waals surface area contributed by atoms with Gasteiger partial charge in [-0.3, -0.25) is 14.4 Å². The Morgan fingerprint density at radius 1 is 1.03 bits per heavy atom. The molecule has 1 aliphatic heterocycles. The Labute approximate surface area is 187 Å². The van der Waals surface area contributed by atoms with Gasteiger partial charge in [-0.1, -0.05) is 12.1 Å². The maximum absolute atomic E-state index is 12.1. The summed E-state index contributed by atoms with van der Waals surface area (Å²) in [6.45, 7) is 4.71. The van der Waals surface area contributed by atoms with Crippen LogP contribution in [0.5, 0.6) is 0 Å². The van der Waals surface area contributed by atoms with Crippen LogP contribution in [0.4, 0.5) is 0 Å². The number of likely N-dealkylation sites (tertiary alicyclic amines) is 1. The van der Waals surface area contributed by atoms with Crippen LogP contribution in [-0.2, 0) is 16.1 Å². The summed E-state index contributed by atoms with van der Waals surface area (Å²) in [6, 6.07) is 6.92. The fourth-order valence-electron chi connectivity index (χ4n) is 2.78. The number of hydrogen-bond donors (Lipinski definition) is 4. The second-order valence-corrected chi connectivity index (χ2v) is 6.48. The average molecular weight is 516 g/mol. The largest absolute Gasteiger partial charge is 0.368 e. The Hall–Kier alpha value is -2.37. The minimum absolute atomic E-state index is 0. The van der Waals surface area contributed by atoms with E-state index in [-0.39, 0.29) is 48.9 Å². The molecular weight excluding hydrogens is 487 g/mol. The average Bonchev–Trinajstić information content (AvgIpc) is 3.23. The van der Waals surface area contributed by atoms with E-state index in [0.29, 0.717) is 24.6 Å².